The van der Waals surface area contributed by atoms with E-state index in [1.54, 1.807) is 13.2 Å². The van der Waals surface area contributed by atoms with Crippen LogP contribution in [0.1, 0.15) is 17.5 Å². The molecule has 2 amide bonds. The van der Waals surface area contributed by atoms with E-state index in [0.717, 1.165) is 19.4 Å². The molecule has 4 atom stereocenters. The molecule has 2 N–H and O–H groups in total. The van der Waals surface area contributed by atoms with Gasteiger partial charge in [-0.1, -0.05) is 12.2 Å². The molecule has 1 aromatic heterocycles. The second kappa shape index (κ2) is 7.73. The summed E-state index contributed by atoms with van der Waals surface area (Å²) >= 11 is 0. The Bertz CT molecular complexity index is 804. The molecule has 28 heavy (non-hydrogen) atoms. The molecule has 2 heterocycles. The van der Waals surface area contributed by atoms with E-state index in [-0.39, 0.29) is 35.5 Å². The number of carbonyl (C=O) groups excluding carboxylic acids is 2. The van der Waals surface area contributed by atoms with Crippen LogP contribution in [0.4, 0.5) is 0 Å². The second-order valence-corrected chi connectivity index (χ2v) is 7.81. The minimum absolute atomic E-state index is 0.00441. The minimum Gasteiger partial charge on any atom is -0.356 e. The zero-order valence-electron chi connectivity index (χ0n) is 16.4. The zero-order chi connectivity index (χ0) is 19.7. The Hall–Kier alpha value is -2.70. The van der Waals surface area contributed by atoms with E-state index in [9.17, 15) is 9.59 Å². The summed E-state index contributed by atoms with van der Waals surface area (Å²) in [5.74, 6) is 0.959. The van der Waals surface area contributed by atoms with Gasteiger partial charge < -0.3 is 10.6 Å². The third-order valence-electron chi connectivity index (χ3n) is 6.24. The maximum Gasteiger partial charge on any atom is 0.233 e. The number of nitrogens with one attached hydrogen (secondary N) is 2. The number of imide groups is 1. The van der Waals surface area contributed by atoms with Crippen molar-refractivity contribution in [2.75, 3.05) is 26.7 Å². The van der Waals surface area contributed by atoms with Gasteiger partial charge in [-0.2, -0.15) is 0 Å². The number of aromatic nitrogens is 1. The standard InChI is InChI=1S/C21H27N5O2/c1-13-12-23-7-5-14(13)6-8-24-21(22-2)25-9-10-26-19(27)17-15-3-4-16(11-15)18(17)20(26)28/h3-5,7,12,15-18H,6,8-11H2,1-2H3,(H2,22,24,25). The average Bonchev–Trinajstić information content (AvgIpc) is 3.37. The molecular formula is C21H27N5O2. The fourth-order valence-electron chi connectivity index (χ4n) is 4.79. The molecule has 0 spiro atoms. The predicted molar refractivity (Wildman–Crippen MR) is 106 cm³/mol. The Morgan fingerprint density at radius 2 is 1.86 bits per heavy atom. The first-order chi connectivity index (χ1) is 13.6. The van der Waals surface area contributed by atoms with Crippen LogP contribution in [-0.4, -0.2) is 54.3 Å². The van der Waals surface area contributed by atoms with Crippen LogP contribution < -0.4 is 10.6 Å². The fraction of sp³-hybridized carbons (Fsp3) is 0.524. The molecule has 3 aliphatic rings. The lowest BCUT2D eigenvalue weighted by Crippen LogP contribution is -2.44. The summed E-state index contributed by atoms with van der Waals surface area (Å²) in [6.07, 6.45) is 9.74. The number of nitrogens with zero attached hydrogens (tertiary/aromatic N) is 3. The molecule has 4 unspecified atom stereocenters. The third-order valence-corrected chi connectivity index (χ3v) is 6.24. The highest BCUT2D eigenvalue weighted by molar-refractivity contribution is 6.06. The van der Waals surface area contributed by atoms with Gasteiger partial charge in [0.15, 0.2) is 5.96 Å². The molecule has 7 heteroatoms. The zero-order valence-corrected chi connectivity index (χ0v) is 16.4. The number of rotatable bonds is 6. The van der Waals surface area contributed by atoms with E-state index in [2.05, 4.69) is 39.7 Å². The predicted octanol–water partition coefficient (Wildman–Crippen LogP) is 0.905. The Morgan fingerprint density at radius 3 is 2.50 bits per heavy atom. The van der Waals surface area contributed by atoms with Crippen LogP contribution in [0.25, 0.3) is 0 Å². The summed E-state index contributed by atoms with van der Waals surface area (Å²) < 4.78 is 0. The molecular weight excluding hydrogens is 354 g/mol. The molecule has 0 radical (unpaired) electrons. The number of aliphatic imine (C=N–C) groups is 1. The Balaban J connectivity index is 1.24. The van der Waals surface area contributed by atoms with Crippen molar-refractivity contribution in [1.29, 1.82) is 0 Å². The fourth-order valence-corrected chi connectivity index (χ4v) is 4.79. The van der Waals surface area contributed by atoms with Crippen LogP contribution in [0.2, 0.25) is 0 Å². The Kier molecular flexibility index (Phi) is 5.15. The number of aryl methyl sites for hydroxylation is 1. The van der Waals surface area contributed by atoms with Gasteiger partial charge in [0.05, 0.1) is 11.8 Å². The Morgan fingerprint density at radius 1 is 1.18 bits per heavy atom. The summed E-state index contributed by atoms with van der Waals surface area (Å²) in [5.41, 5.74) is 2.42. The first-order valence-corrected chi connectivity index (χ1v) is 9.97. The lowest BCUT2D eigenvalue weighted by molar-refractivity contribution is -0.140. The van der Waals surface area contributed by atoms with Crippen molar-refractivity contribution in [3.8, 4) is 0 Å². The van der Waals surface area contributed by atoms with Crippen LogP contribution in [0.3, 0.4) is 0 Å². The van der Waals surface area contributed by atoms with Gasteiger partial charge in [-0.05, 0) is 48.8 Å². The first kappa shape index (κ1) is 18.7. The number of amides is 2. The van der Waals surface area contributed by atoms with E-state index in [1.165, 1.54) is 16.0 Å². The molecule has 7 nitrogen and oxygen atoms in total. The Labute approximate surface area is 165 Å². The van der Waals surface area contributed by atoms with Gasteiger partial charge in [-0.3, -0.25) is 24.5 Å². The number of allylic oxidation sites excluding steroid dienone is 2. The highest BCUT2D eigenvalue weighted by atomic mass is 16.2. The van der Waals surface area contributed by atoms with Crippen LogP contribution >= 0.6 is 0 Å². The van der Waals surface area contributed by atoms with Crippen molar-refractivity contribution < 1.29 is 9.59 Å². The average molecular weight is 381 g/mol. The topological polar surface area (TPSA) is 86.7 Å². The van der Waals surface area contributed by atoms with Crippen LogP contribution in [0.15, 0.2) is 35.6 Å². The van der Waals surface area contributed by atoms with Crippen molar-refractivity contribution in [3.05, 3.63) is 41.7 Å². The van der Waals surface area contributed by atoms with Crippen molar-refractivity contribution in [1.82, 2.24) is 20.5 Å². The van der Waals surface area contributed by atoms with Gasteiger partial charge in [0.2, 0.25) is 11.8 Å². The molecule has 148 valence electrons. The van der Waals surface area contributed by atoms with Gasteiger partial charge in [-0.25, -0.2) is 0 Å². The largest absolute Gasteiger partial charge is 0.356 e. The normalized spacial score (nSPS) is 28.2. The second-order valence-electron chi connectivity index (χ2n) is 7.81. The molecule has 1 aliphatic heterocycles. The van der Waals surface area contributed by atoms with Gasteiger partial charge >= 0.3 is 0 Å². The minimum atomic E-state index is -0.122. The summed E-state index contributed by atoms with van der Waals surface area (Å²) in [7, 11) is 1.72. The lowest BCUT2D eigenvalue weighted by Gasteiger charge is -2.18. The number of carbonyl (C=O) groups is 2. The molecule has 2 aliphatic carbocycles. The molecule has 4 rings (SSSR count). The summed E-state index contributed by atoms with van der Waals surface area (Å²) in [6.45, 7) is 3.67. The molecule has 2 fully saturated rings. The first-order valence-electron chi connectivity index (χ1n) is 9.97. The smallest absolute Gasteiger partial charge is 0.233 e. The highest BCUT2D eigenvalue weighted by Crippen LogP contribution is 2.52. The molecule has 0 aromatic carbocycles. The number of hydrogen-bond donors (Lipinski definition) is 2. The van der Waals surface area contributed by atoms with Crippen LogP contribution in [-0.2, 0) is 16.0 Å². The van der Waals surface area contributed by atoms with Crippen molar-refractivity contribution in [2.24, 2.45) is 28.7 Å². The van der Waals surface area contributed by atoms with E-state index < -0.39 is 0 Å². The quantitative estimate of drug-likeness (QED) is 0.331. The molecule has 1 saturated heterocycles. The number of guanidine groups is 1. The lowest BCUT2D eigenvalue weighted by atomic mass is 9.85. The number of likely N-dealkylation sites (tertiary alicyclic amines) is 1. The van der Waals surface area contributed by atoms with E-state index in [1.807, 2.05) is 12.3 Å². The maximum absolute atomic E-state index is 12.7. The van der Waals surface area contributed by atoms with Gasteiger partial charge in [0, 0.05) is 39.1 Å². The van der Waals surface area contributed by atoms with Gasteiger partial charge in [0.25, 0.3) is 0 Å². The SMILES string of the molecule is CN=C(NCCc1ccncc1C)NCCN1C(=O)C2C3C=CC(C3)C2C1=O. The summed E-state index contributed by atoms with van der Waals surface area (Å²) in [4.78, 5) is 35.1. The molecule has 1 saturated carbocycles. The van der Waals surface area contributed by atoms with Crippen LogP contribution in [0.5, 0.6) is 0 Å². The summed E-state index contributed by atoms with van der Waals surface area (Å²) in [6, 6.07) is 2.02. The van der Waals surface area contributed by atoms with E-state index >= 15 is 0 Å². The number of hydrogen-bond acceptors (Lipinski definition) is 4. The summed E-state index contributed by atoms with van der Waals surface area (Å²) in [5, 5.41) is 6.48. The van der Waals surface area contributed by atoms with Crippen molar-refractivity contribution in [2.45, 2.75) is 19.8 Å². The third kappa shape index (κ3) is 3.30. The van der Waals surface area contributed by atoms with E-state index in [0.29, 0.717) is 19.0 Å². The highest BCUT2D eigenvalue weighted by Gasteiger charge is 2.58. The van der Waals surface area contributed by atoms with E-state index in [4.69, 9.17) is 0 Å². The van der Waals surface area contributed by atoms with Gasteiger partial charge in [0.1, 0.15) is 0 Å². The molecule has 2 bridgehead atoms. The monoisotopic (exact) mass is 381 g/mol. The number of fused-ring (bicyclic) bond motifs is 5. The molecule has 1 aromatic rings. The van der Waals surface area contributed by atoms with Gasteiger partial charge in [-0.15, -0.1) is 0 Å². The maximum atomic E-state index is 12.7. The van der Waals surface area contributed by atoms with Crippen molar-refractivity contribution in [3.63, 3.8) is 0 Å². The van der Waals surface area contributed by atoms with Crippen molar-refractivity contribution >= 4 is 17.8 Å². The number of pyridine rings is 1. The van der Waals surface area contributed by atoms with Crippen LogP contribution in [0, 0.1) is 30.6 Å².